The van der Waals surface area contributed by atoms with Gasteiger partial charge in [0.2, 0.25) is 0 Å². The van der Waals surface area contributed by atoms with E-state index < -0.39 is 12.1 Å². The SMILES string of the molecule is Cc1noc(C)c1C(=O)O[C@H](C)C(=O)NCc1cccs1. The van der Waals surface area contributed by atoms with Crippen molar-refractivity contribution in [3.8, 4) is 0 Å². The predicted octanol–water partition coefficient (Wildman–Crippen LogP) is 2.21. The fourth-order valence-electron chi connectivity index (χ4n) is 1.78. The highest BCUT2D eigenvalue weighted by molar-refractivity contribution is 7.09. The second-order valence-corrected chi connectivity index (χ2v) is 5.58. The highest BCUT2D eigenvalue weighted by Crippen LogP contribution is 2.14. The van der Waals surface area contributed by atoms with E-state index in [-0.39, 0.29) is 11.5 Å². The van der Waals surface area contributed by atoms with E-state index in [1.165, 1.54) is 6.92 Å². The van der Waals surface area contributed by atoms with Crippen molar-refractivity contribution in [3.05, 3.63) is 39.4 Å². The first kappa shape index (κ1) is 15.2. The van der Waals surface area contributed by atoms with Crippen LogP contribution in [-0.2, 0) is 16.1 Å². The van der Waals surface area contributed by atoms with Crippen LogP contribution in [0.25, 0.3) is 0 Å². The average molecular weight is 308 g/mol. The molecule has 1 N–H and O–H groups in total. The van der Waals surface area contributed by atoms with E-state index >= 15 is 0 Å². The van der Waals surface area contributed by atoms with Crippen LogP contribution in [-0.4, -0.2) is 23.1 Å². The summed E-state index contributed by atoms with van der Waals surface area (Å²) in [6, 6.07) is 3.83. The standard InChI is InChI=1S/C14H16N2O4S/c1-8-12(9(2)20-16-8)14(18)19-10(3)13(17)15-7-11-5-4-6-21-11/h4-6,10H,7H2,1-3H3,(H,15,17)/t10-/m1/s1. The summed E-state index contributed by atoms with van der Waals surface area (Å²) in [6.45, 7) is 5.22. The van der Waals surface area contributed by atoms with E-state index in [2.05, 4.69) is 10.5 Å². The minimum atomic E-state index is -0.883. The van der Waals surface area contributed by atoms with Crippen molar-refractivity contribution in [2.75, 3.05) is 0 Å². The van der Waals surface area contributed by atoms with Gasteiger partial charge in [0.1, 0.15) is 11.3 Å². The van der Waals surface area contributed by atoms with Crippen molar-refractivity contribution < 1.29 is 18.8 Å². The van der Waals surface area contributed by atoms with Crippen LogP contribution in [0.5, 0.6) is 0 Å². The number of amides is 1. The van der Waals surface area contributed by atoms with Crippen molar-refractivity contribution in [1.82, 2.24) is 10.5 Å². The summed E-state index contributed by atoms with van der Waals surface area (Å²) in [7, 11) is 0. The van der Waals surface area contributed by atoms with Gasteiger partial charge < -0.3 is 14.6 Å². The number of esters is 1. The van der Waals surface area contributed by atoms with Gasteiger partial charge in [-0.05, 0) is 32.2 Å². The lowest BCUT2D eigenvalue weighted by Gasteiger charge is -2.12. The molecule has 0 bridgehead atoms. The third-order valence-electron chi connectivity index (χ3n) is 2.91. The van der Waals surface area contributed by atoms with E-state index in [1.54, 1.807) is 25.2 Å². The normalized spacial score (nSPS) is 12.0. The quantitative estimate of drug-likeness (QED) is 0.856. The molecule has 0 saturated carbocycles. The molecule has 0 aliphatic heterocycles. The van der Waals surface area contributed by atoms with Crippen LogP contribution in [0, 0.1) is 13.8 Å². The Kier molecular flexibility index (Phi) is 4.74. The molecule has 0 fully saturated rings. The lowest BCUT2D eigenvalue weighted by Crippen LogP contribution is -2.35. The van der Waals surface area contributed by atoms with Gasteiger partial charge in [-0.25, -0.2) is 4.79 Å². The Bertz CT molecular complexity index is 614. The monoisotopic (exact) mass is 308 g/mol. The summed E-state index contributed by atoms with van der Waals surface area (Å²) in [4.78, 5) is 24.9. The molecule has 0 saturated heterocycles. The Hall–Kier alpha value is -2.15. The highest BCUT2D eigenvalue weighted by Gasteiger charge is 2.24. The van der Waals surface area contributed by atoms with Crippen LogP contribution < -0.4 is 5.32 Å². The number of hydrogen-bond donors (Lipinski definition) is 1. The topological polar surface area (TPSA) is 81.4 Å². The fraction of sp³-hybridized carbons (Fsp3) is 0.357. The van der Waals surface area contributed by atoms with Gasteiger partial charge >= 0.3 is 5.97 Å². The van der Waals surface area contributed by atoms with Gasteiger partial charge in [0, 0.05) is 4.88 Å². The zero-order chi connectivity index (χ0) is 15.4. The van der Waals surface area contributed by atoms with E-state index in [0.717, 1.165) is 4.88 Å². The maximum Gasteiger partial charge on any atom is 0.344 e. The molecule has 6 nitrogen and oxygen atoms in total. The summed E-state index contributed by atoms with van der Waals surface area (Å²) in [5.74, 6) is -0.572. The number of carbonyl (C=O) groups is 2. The molecule has 2 heterocycles. The van der Waals surface area contributed by atoms with E-state index in [1.807, 2.05) is 17.5 Å². The minimum absolute atomic E-state index is 0.271. The zero-order valence-electron chi connectivity index (χ0n) is 12.0. The van der Waals surface area contributed by atoms with Crippen LogP contribution in [0.3, 0.4) is 0 Å². The Labute approximate surface area is 126 Å². The third-order valence-corrected chi connectivity index (χ3v) is 3.78. The van der Waals surface area contributed by atoms with E-state index in [9.17, 15) is 9.59 Å². The summed E-state index contributed by atoms with van der Waals surface area (Å²) >= 11 is 1.55. The third kappa shape index (κ3) is 3.69. The molecule has 0 spiro atoms. The van der Waals surface area contributed by atoms with Gasteiger partial charge in [-0.15, -0.1) is 11.3 Å². The number of aromatic nitrogens is 1. The number of nitrogens with zero attached hydrogens (tertiary/aromatic N) is 1. The van der Waals surface area contributed by atoms with Gasteiger partial charge in [0.15, 0.2) is 6.10 Å². The molecule has 7 heteroatoms. The van der Waals surface area contributed by atoms with E-state index in [4.69, 9.17) is 9.26 Å². The number of rotatable bonds is 5. The molecular formula is C14H16N2O4S. The van der Waals surface area contributed by atoms with Gasteiger partial charge in [-0.2, -0.15) is 0 Å². The van der Waals surface area contributed by atoms with Crippen LogP contribution in [0.1, 0.15) is 33.6 Å². The first-order valence-electron chi connectivity index (χ1n) is 6.43. The molecule has 1 amide bonds. The number of ether oxygens (including phenoxy) is 1. The van der Waals surface area contributed by atoms with Crippen LogP contribution in [0.2, 0.25) is 0 Å². The molecule has 112 valence electrons. The highest BCUT2D eigenvalue weighted by atomic mass is 32.1. The van der Waals surface area contributed by atoms with Crippen LogP contribution >= 0.6 is 11.3 Å². The summed E-state index contributed by atoms with van der Waals surface area (Å²) in [6.07, 6.45) is -0.883. The van der Waals surface area contributed by atoms with Gasteiger partial charge in [0.05, 0.1) is 12.2 Å². The lowest BCUT2D eigenvalue weighted by molar-refractivity contribution is -0.129. The van der Waals surface area contributed by atoms with Gasteiger partial charge in [-0.3, -0.25) is 4.79 Å². The molecule has 0 aromatic carbocycles. The van der Waals surface area contributed by atoms with Crippen molar-refractivity contribution in [2.24, 2.45) is 0 Å². The number of nitrogens with one attached hydrogen (secondary N) is 1. The first-order chi connectivity index (χ1) is 9.99. The fourth-order valence-corrected chi connectivity index (χ4v) is 2.42. The maximum atomic E-state index is 12.0. The molecule has 0 unspecified atom stereocenters. The van der Waals surface area contributed by atoms with Crippen LogP contribution in [0.4, 0.5) is 0 Å². The summed E-state index contributed by atoms with van der Waals surface area (Å²) in [5, 5.41) is 8.34. The summed E-state index contributed by atoms with van der Waals surface area (Å²) in [5.41, 5.74) is 0.719. The van der Waals surface area contributed by atoms with Gasteiger partial charge in [-0.1, -0.05) is 11.2 Å². The smallest absolute Gasteiger partial charge is 0.344 e. The van der Waals surface area contributed by atoms with Crippen LogP contribution in [0.15, 0.2) is 22.0 Å². The maximum absolute atomic E-state index is 12.0. The Morgan fingerprint density at radius 3 is 2.81 bits per heavy atom. The summed E-state index contributed by atoms with van der Waals surface area (Å²) < 4.78 is 10.0. The molecule has 2 aromatic rings. The van der Waals surface area contributed by atoms with Crippen molar-refractivity contribution in [1.29, 1.82) is 0 Å². The predicted molar refractivity (Wildman–Crippen MR) is 77.0 cm³/mol. The zero-order valence-corrected chi connectivity index (χ0v) is 12.8. The largest absolute Gasteiger partial charge is 0.449 e. The number of carbonyl (C=O) groups excluding carboxylic acids is 2. The Morgan fingerprint density at radius 1 is 1.48 bits per heavy atom. The molecular weight excluding hydrogens is 292 g/mol. The van der Waals surface area contributed by atoms with Gasteiger partial charge in [0.25, 0.3) is 5.91 Å². The first-order valence-corrected chi connectivity index (χ1v) is 7.31. The van der Waals surface area contributed by atoms with Crippen molar-refractivity contribution in [3.63, 3.8) is 0 Å². The lowest BCUT2D eigenvalue weighted by atomic mass is 10.2. The Morgan fingerprint density at radius 2 is 2.24 bits per heavy atom. The second kappa shape index (κ2) is 6.53. The number of hydrogen-bond acceptors (Lipinski definition) is 6. The Balaban J connectivity index is 1.90. The van der Waals surface area contributed by atoms with Crippen molar-refractivity contribution in [2.45, 2.75) is 33.4 Å². The molecule has 2 aromatic heterocycles. The molecule has 2 rings (SSSR count). The molecule has 1 atom stereocenters. The molecule has 0 radical (unpaired) electrons. The second-order valence-electron chi connectivity index (χ2n) is 4.54. The molecule has 21 heavy (non-hydrogen) atoms. The average Bonchev–Trinajstić information content (AvgIpc) is 3.06. The number of thiophene rings is 1. The number of aryl methyl sites for hydroxylation is 2. The molecule has 0 aliphatic carbocycles. The van der Waals surface area contributed by atoms with E-state index in [0.29, 0.717) is 18.0 Å². The van der Waals surface area contributed by atoms with Crippen molar-refractivity contribution >= 4 is 23.2 Å². The molecule has 0 aliphatic rings. The minimum Gasteiger partial charge on any atom is -0.449 e.